The molecule has 1 fully saturated rings. The maximum Gasteiger partial charge on any atom is 0.317 e. The molecule has 0 spiro atoms. The molecule has 0 atom stereocenters. The Morgan fingerprint density at radius 3 is 2.71 bits per heavy atom. The fourth-order valence-corrected chi connectivity index (χ4v) is 3.33. The number of carbonyl (C=O) groups is 2. The highest BCUT2D eigenvalue weighted by Gasteiger charge is 2.35. The lowest BCUT2D eigenvalue weighted by Gasteiger charge is -2.42. The number of carbonyl (C=O) groups excluding carboxylic acids is 1. The van der Waals surface area contributed by atoms with E-state index in [-0.39, 0.29) is 41.6 Å². The van der Waals surface area contributed by atoms with Crippen LogP contribution in [0.3, 0.4) is 0 Å². The summed E-state index contributed by atoms with van der Waals surface area (Å²) in [5.41, 5.74) is 0.347. The van der Waals surface area contributed by atoms with E-state index in [1.807, 2.05) is 11.8 Å². The van der Waals surface area contributed by atoms with Crippen LogP contribution >= 0.6 is 0 Å². The Hall–Kier alpha value is -3.27. The SMILES string of the molecule is CCN(CC(=O)O)C1CC(NC(=O)c2ccn(-c3ccccc3[N+](=O)[O-])n2)C1. The van der Waals surface area contributed by atoms with Gasteiger partial charge in [0, 0.05) is 24.3 Å². The number of aromatic nitrogens is 2. The number of carboxylic acid groups (broad SMARTS) is 1. The Bertz CT molecular complexity index is 890. The second-order valence-electron chi connectivity index (χ2n) is 6.64. The molecular formula is C18H21N5O5. The number of para-hydroxylation sites is 2. The number of aliphatic carboxylic acids is 1. The van der Waals surface area contributed by atoms with Crippen LogP contribution in [-0.2, 0) is 4.79 Å². The zero-order valence-electron chi connectivity index (χ0n) is 15.3. The summed E-state index contributed by atoms with van der Waals surface area (Å²) in [7, 11) is 0. The molecule has 1 aliphatic carbocycles. The molecule has 0 aliphatic heterocycles. The molecule has 28 heavy (non-hydrogen) atoms. The minimum absolute atomic E-state index is 0.0118. The van der Waals surface area contributed by atoms with E-state index in [1.54, 1.807) is 18.2 Å². The number of amides is 1. The lowest BCUT2D eigenvalue weighted by Crippen LogP contribution is -2.54. The normalized spacial score (nSPS) is 18.5. The lowest BCUT2D eigenvalue weighted by molar-refractivity contribution is -0.384. The fourth-order valence-electron chi connectivity index (χ4n) is 3.33. The van der Waals surface area contributed by atoms with Crippen LogP contribution in [0.2, 0.25) is 0 Å². The lowest BCUT2D eigenvalue weighted by atomic mass is 9.85. The Balaban J connectivity index is 1.61. The van der Waals surface area contributed by atoms with Crippen molar-refractivity contribution < 1.29 is 19.6 Å². The van der Waals surface area contributed by atoms with Crippen LogP contribution in [-0.4, -0.2) is 61.8 Å². The number of nitrogens with one attached hydrogen (secondary N) is 1. The van der Waals surface area contributed by atoms with Gasteiger partial charge in [-0.1, -0.05) is 19.1 Å². The van der Waals surface area contributed by atoms with Gasteiger partial charge in [-0.15, -0.1) is 0 Å². The zero-order valence-corrected chi connectivity index (χ0v) is 15.3. The predicted octanol–water partition coefficient (Wildman–Crippen LogP) is 1.45. The Labute approximate surface area is 160 Å². The topological polar surface area (TPSA) is 131 Å². The molecule has 1 aromatic heterocycles. The molecule has 1 aromatic carbocycles. The number of carboxylic acids is 1. The fraction of sp³-hybridized carbons (Fsp3) is 0.389. The number of hydrogen-bond acceptors (Lipinski definition) is 6. The quantitative estimate of drug-likeness (QED) is 0.518. The van der Waals surface area contributed by atoms with E-state index < -0.39 is 10.9 Å². The first kappa shape index (κ1) is 19.5. The summed E-state index contributed by atoms with van der Waals surface area (Å²) in [4.78, 5) is 35.8. The highest BCUT2D eigenvalue weighted by Crippen LogP contribution is 2.26. The smallest absolute Gasteiger partial charge is 0.317 e. The average Bonchev–Trinajstić information content (AvgIpc) is 3.12. The van der Waals surface area contributed by atoms with Gasteiger partial charge in [-0.3, -0.25) is 24.6 Å². The molecule has 3 rings (SSSR count). The molecule has 2 N–H and O–H groups in total. The summed E-state index contributed by atoms with van der Waals surface area (Å²) >= 11 is 0. The molecule has 0 bridgehead atoms. The van der Waals surface area contributed by atoms with Gasteiger partial charge in [-0.25, -0.2) is 4.68 Å². The number of hydrogen-bond donors (Lipinski definition) is 2. The molecule has 10 nitrogen and oxygen atoms in total. The number of benzene rings is 1. The van der Waals surface area contributed by atoms with Gasteiger partial charge in [0.15, 0.2) is 5.69 Å². The third-order valence-corrected chi connectivity index (χ3v) is 4.86. The maximum absolute atomic E-state index is 12.4. The van der Waals surface area contributed by atoms with E-state index in [9.17, 15) is 19.7 Å². The van der Waals surface area contributed by atoms with Gasteiger partial charge in [0.25, 0.3) is 11.6 Å². The Morgan fingerprint density at radius 2 is 2.07 bits per heavy atom. The summed E-state index contributed by atoms with van der Waals surface area (Å²) in [6.07, 6.45) is 2.86. The maximum atomic E-state index is 12.4. The third-order valence-electron chi connectivity index (χ3n) is 4.86. The van der Waals surface area contributed by atoms with E-state index >= 15 is 0 Å². The molecule has 1 saturated carbocycles. The van der Waals surface area contributed by atoms with Crippen molar-refractivity contribution in [1.29, 1.82) is 0 Å². The molecule has 2 aromatic rings. The number of nitro groups is 1. The summed E-state index contributed by atoms with van der Waals surface area (Å²) in [6, 6.07) is 7.76. The van der Waals surface area contributed by atoms with Crippen molar-refractivity contribution in [2.45, 2.75) is 31.8 Å². The van der Waals surface area contributed by atoms with Crippen LogP contribution in [0.25, 0.3) is 5.69 Å². The van der Waals surface area contributed by atoms with E-state index in [4.69, 9.17) is 5.11 Å². The first-order valence-electron chi connectivity index (χ1n) is 8.95. The van der Waals surface area contributed by atoms with Crippen LogP contribution < -0.4 is 5.32 Å². The number of nitro benzene ring substituents is 1. The van der Waals surface area contributed by atoms with E-state index in [1.165, 1.54) is 23.0 Å². The molecule has 1 aliphatic rings. The van der Waals surface area contributed by atoms with Gasteiger partial charge in [0.2, 0.25) is 0 Å². The van der Waals surface area contributed by atoms with Crippen molar-refractivity contribution in [3.05, 3.63) is 52.3 Å². The van der Waals surface area contributed by atoms with Crippen LogP contribution in [0.4, 0.5) is 5.69 Å². The molecule has 1 amide bonds. The van der Waals surface area contributed by atoms with Gasteiger partial charge >= 0.3 is 5.97 Å². The average molecular weight is 387 g/mol. The second-order valence-corrected chi connectivity index (χ2v) is 6.64. The van der Waals surface area contributed by atoms with Gasteiger partial charge in [0.1, 0.15) is 5.69 Å². The largest absolute Gasteiger partial charge is 0.480 e. The van der Waals surface area contributed by atoms with Gasteiger partial charge in [-0.05, 0) is 31.5 Å². The molecule has 10 heteroatoms. The van der Waals surface area contributed by atoms with E-state index in [2.05, 4.69) is 10.4 Å². The molecular weight excluding hydrogens is 366 g/mol. The van der Waals surface area contributed by atoms with E-state index in [0.29, 0.717) is 19.4 Å². The highest BCUT2D eigenvalue weighted by molar-refractivity contribution is 5.92. The first-order valence-corrected chi connectivity index (χ1v) is 8.95. The Kier molecular flexibility index (Phi) is 5.69. The molecule has 0 saturated heterocycles. The predicted molar refractivity (Wildman–Crippen MR) is 99.4 cm³/mol. The Morgan fingerprint density at radius 1 is 1.36 bits per heavy atom. The number of nitrogens with zero attached hydrogens (tertiary/aromatic N) is 4. The minimum Gasteiger partial charge on any atom is -0.480 e. The number of rotatable bonds is 8. The summed E-state index contributed by atoms with van der Waals surface area (Å²) < 4.78 is 1.31. The monoisotopic (exact) mass is 387 g/mol. The summed E-state index contributed by atoms with van der Waals surface area (Å²) in [5.74, 6) is -1.23. The molecule has 148 valence electrons. The molecule has 0 unspecified atom stereocenters. The highest BCUT2D eigenvalue weighted by atomic mass is 16.6. The summed E-state index contributed by atoms with van der Waals surface area (Å²) in [6.45, 7) is 2.53. The zero-order chi connectivity index (χ0) is 20.3. The summed E-state index contributed by atoms with van der Waals surface area (Å²) in [5, 5.41) is 27.1. The van der Waals surface area contributed by atoms with Crippen molar-refractivity contribution in [1.82, 2.24) is 20.0 Å². The van der Waals surface area contributed by atoms with Crippen LogP contribution in [0.1, 0.15) is 30.3 Å². The van der Waals surface area contributed by atoms with Crippen LogP contribution in [0.15, 0.2) is 36.5 Å². The van der Waals surface area contributed by atoms with Crippen molar-refractivity contribution >= 4 is 17.6 Å². The second kappa shape index (κ2) is 8.17. The van der Waals surface area contributed by atoms with Gasteiger partial charge < -0.3 is 10.4 Å². The van der Waals surface area contributed by atoms with Crippen molar-refractivity contribution in [2.75, 3.05) is 13.1 Å². The standard InChI is InChI=1S/C18H21N5O5/c1-2-21(11-17(24)25)13-9-12(10-13)19-18(26)14-7-8-22(20-14)15-5-3-4-6-16(15)23(27)28/h3-8,12-13H,2,9-11H2,1H3,(H,19,26)(H,24,25). The van der Waals surface area contributed by atoms with Gasteiger partial charge in [0.05, 0.1) is 11.5 Å². The van der Waals surface area contributed by atoms with Gasteiger partial charge in [-0.2, -0.15) is 5.10 Å². The first-order chi connectivity index (χ1) is 13.4. The molecule has 0 radical (unpaired) electrons. The minimum atomic E-state index is -0.866. The number of likely N-dealkylation sites (N-methyl/N-ethyl adjacent to an activating group) is 1. The molecule has 1 heterocycles. The van der Waals surface area contributed by atoms with Crippen LogP contribution in [0.5, 0.6) is 0 Å². The van der Waals surface area contributed by atoms with Crippen molar-refractivity contribution in [3.63, 3.8) is 0 Å². The third kappa shape index (κ3) is 4.17. The van der Waals surface area contributed by atoms with Crippen LogP contribution in [0, 0.1) is 10.1 Å². The van der Waals surface area contributed by atoms with Crippen molar-refractivity contribution in [2.24, 2.45) is 0 Å². The van der Waals surface area contributed by atoms with E-state index in [0.717, 1.165) is 0 Å². The van der Waals surface area contributed by atoms with Crippen molar-refractivity contribution in [3.8, 4) is 5.69 Å².